The van der Waals surface area contributed by atoms with E-state index >= 15 is 0 Å². The van der Waals surface area contributed by atoms with Gasteiger partial charge in [-0.05, 0) is 73.6 Å². The van der Waals surface area contributed by atoms with Gasteiger partial charge in [-0.15, -0.1) is 0 Å². The molecule has 0 heterocycles. The molecule has 0 aliphatic heterocycles. The minimum absolute atomic E-state index is 0.159. The van der Waals surface area contributed by atoms with Gasteiger partial charge in [0.25, 0.3) is 0 Å². The molecule has 0 fully saturated rings. The summed E-state index contributed by atoms with van der Waals surface area (Å²) >= 11 is 0. The lowest BCUT2D eigenvalue weighted by Gasteiger charge is -2.38. The van der Waals surface area contributed by atoms with E-state index in [2.05, 4.69) is 146 Å². The van der Waals surface area contributed by atoms with E-state index < -0.39 is 0 Å². The van der Waals surface area contributed by atoms with Crippen LogP contribution in [-0.4, -0.2) is 192 Å². The zero-order valence-corrected chi connectivity index (χ0v) is 52.9. The molecule has 11 nitrogen and oxygen atoms in total. The van der Waals surface area contributed by atoms with Crippen LogP contribution < -0.4 is 0 Å². The Bertz CT molecular complexity index is 1970. The molecule has 0 aliphatic carbocycles. The summed E-state index contributed by atoms with van der Waals surface area (Å²) in [5.41, 5.74) is 7.54. The van der Waals surface area contributed by atoms with Crippen LogP contribution in [0.4, 0.5) is 0 Å². The van der Waals surface area contributed by atoms with E-state index in [0.717, 1.165) is 122 Å². The number of rotatable bonds is 43. The highest BCUT2D eigenvalue weighted by molar-refractivity contribution is 5.64. The minimum atomic E-state index is 0.159. The molecule has 4 aromatic rings. The Morgan fingerprint density at radius 1 is 0.247 bits per heavy atom. The highest BCUT2D eigenvalue weighted by Gasteiger charge is 2.28. The summed E-state index contributed by atoms with van der Waals surface area (Å²) < 4.78 is 3.47. The maximum absolute atomic E-state index is 9.50. The van der Waals surface area contributed by atoms with Crippen LogP contribution in [0.15, 0.2) is 109 Å². The second-order valence-electron chi connectivity index (χ2n) is 23.4. The van der Waals surface area contributed by atoms with E-state index in [1.807, 2.05) is 12.1 Å². The van der Waals surface area contributed by atoms with Crippen LogP contribution in [0.5, 0.6) is 0 Å². The fourth-order valence-corrected chi connectivity index (χ4v) is 11.5. The SMILES string of the molecule is CCCCCCCC[N+](CCO)(CCO)CCCC.CCCCCC[N+](CCO)(CCO)CCCC.CCCC[N+](CCO)(CCO)Cc1ccc(-c2ccccc2)cc1.CCC[N+](C)(CCO)Cc1ccc(-c2ccccc2)cc1. The standard InChI is InChI=1S/C21H30NO2.C19H26NO.C16H36NO2.C14H32NO2/c1-2-3-13-22(14-16-23,15-17-24)18-19-9-11-21(12-10-19)20-7-5-4-6-8-20;1-3-13-20(2,14-15-21)16-17-9-11-19(12-10-17)18-7-5-4-6-8-18;1-3-5-7-8-9-10-12-17(13-15-18,14-16-19)11-6-4-2;1-3-5-7-8-10-15(11-13-16,12-14-17)9-6-4-2/h4-12,23-24H,2-3,13-18H2,1H3;4-12,21H,3,13-16H2,1-2H3;18-19H,3-16H2,1-2H3;16-17H,3-14H2,1-2H3/q4*+1. The summed E-state index contributed by atoms with van der Waals surface area (Å²) in [5, 5.41) is 65.4. The van der Waals surface area contributed by atoms with Gasteiger partial charge in [0.1, 0.15) is 58.9 Å². The van der Waals surface area contributed by atoms with Crippen molar-refractivity contribution in [2.24, 2.45) is 0 Å². The van der Waals surface area contributed by atoms with Crippen LogP contribution in [0.3, 0.4) is 0 Å². The third-order valence-corrected chi connectivity index (χ3v) is 16.5. The molecule has 4 aromatic carbocycles. The van der Waals surface area contributed by atoms with Crippen LogP contribution in [0.1, 0.15) is 162 Å². The number of nitrogens with zero attached hydrogens (tertiary/aromatic N) is 4. The average molecular weight is 1130 g/mol. The second-order valence-corrected chi connectivity index (χ2v) is 23.4. The van der Waals surface area contributed by atoms with E-state index in [-0.39, 0.29) is 46.2 Å². The monoisotopic (exact) mass is 1130 g/mol. The van der Waals surface area contributed by atoms with Crippen LogP contribution in [-0.2, 0) is 13.1 Å². The minimum Gasteiger partial charge on any atom is -0.391 e. The van der Waals surface area contributed by atoms with Crippen molar-refractivity contribution in [3.05, 3.63) is 120 Å². The Kier molecular flexibility index (Phi) is 44.5. The van der Waals surface area contributed by atoms with Gasteiger partial charge in [0.2, 0.25) is 0 Å². The molecular formula is C70H124N4O7+4. The van der Waals surface area contributed by atoms with Gasteiger partial charge < -0.3 is 53.7 Å². The summed E-state index contributed by atoms with van der Waals surface area (Å²) in [5.74, 6) is 0. The molecule has 0 aliphatic rings. The number of quaternary nitrogens is 4. The predicted octanol–water partition coefficient (Wildman–Crippen LogP) is 12.3. The first-order valence-corrected chi connectivity index (χ1v) is 32.3. The van der Waals surface area contributed by atoms with Crippen molar-refractivity contribution in [2.45, 2.75) is 164 Å². The summed E-state index contributed by atoms with van der Waals surface area (Å²) in [6.45, 7) is 28.5. The van der Waals surface area contributed by atoms with E-state index in [0.29, 0.717) is 13.1 Å². The molecule has 0 spiro atoms. The zero-order chi connectivity index (χ0) is 59.8. The van der Waals surface area contributed by atoms with Crippen molar-refractivity contribution in [2.75, 3.05) is 138 Å². The molecule has 0 saturated heterocycles. The lowest BCUT2D eigenvalue weighted by molar-refractivity contribution is -0.941. The maximum atomic E-state index is 9.50. The average Bonchev–Trinajstić information content (AvgIpc) is 3.47. The number of likely N-dealkylation sites (N-methyl/N-ethyl adjacent to an activating group) is 1. The topological polar surface area (TPSA) is 142 Å². The molecule has 0 amide bonds. The largest absolute Gasteiger partial charge is 0.391 e. The van der Waals surface area contributed by atoms with Crippen LogP contribution in [0, 0.1) is 0 Å². The number of benzene rings is 4. The van der Waals surface area contributed by atoms with Gasteiger partial charge in [-0.3, -0.25) is 0 Å². The third kappa shape index (κ3) is 32.9. The number of aliphatic hydroxyl groups excluding tert-OH is 7. The van der Waals surface area contributed by atoms with Crippen LogP contribution >= 0.6 is 0 Å². The lowest BCUT2D eigenvalue weighted by Crippen LogP contribution is -2.52. The number of hydrogen-bond donors (Lipinski definition) is 7. The first-order valence-electron chi connectivity index (χ1n) is 32.3. The van der Waals surface area contributed by atoms with Gasteiger partial charge in [-0.1, -0.05) is 209 Å². The van der Waals surface area contributed by atoms with E-state index in [9.17, 15) is 35.7 Å². The van der Waals surface area contributed by atoms with Crippen molar-refractivity contribution < 1.29 is 53.7 Å². The fraction of sp³-hybridized carbons (Fsp3) is 0.657. The molecule has 11 heteroatoms. The predicted molar refractivity (Wildman–Crippen MR) is 344 cm³/mol. The molecule has 1 atom stereocenters. The maximum Gasteiger partial charge on any atom is 0.104 e. The van der Waals surface area contributed by atoms with Crippen molar-refractivity contribution in [1.29, 1.82) is 0 Å². The van der Waals surface area contributed by atoms with Crippen molar-refractivity contribution >= 4 is 0 Å². The Morgan fingerprint density at radius 3 is 0.877 bits per heavy atom. The van der Waals surface area contributed by atoms with E-state index in [4.69, 9.17) is 0 Å². The van der Waals surface area contributed by atoms with Crippen LogP contribution in [0.25, 0.3) is 22.3 Å². The lowest BCUT2D eigenvalue weighted by atomic mass is 10.0. The Balaban J connectivity index is 0.000000545. The van der Waals surface area contributed by atoms with Crippen LogP contribution in [0.2, 0.25) is 0 Å². The molecule has 0 aromatic heterocycles. The molecule has 0 radical (unpaired) electrons. The van der Waals surface area contributed by atoms with Crippen molar-refractivity contribution in [3.8, 4) is 22.3 Å². The molecule has 1 unspecified atom stereocenters. The molecule has 0 bridgehead atoms. The van der Waals surface area contributed by atoms with Gasteiger partial charge >= 0.3 is 0 Å². The third-order valence-electron chi connectivity index (χ3n) is 16.5. The summed E-state index contributed by atoms with van der Waals surface area (Å²) in [4.78, 5) is 0. The Labute approximate surface area is 496 Å². The quantitative estimate of drug-likeness (QED) is 0.0173. The summed E-state index contributed by atoms with van der Waals surface area (Å²) in [7, 11) is 2.23. The molecule has 0 saturated carbocycles. The summed E-state index contributed by atoms with van der Waals surface area (Å²) in [6, 6.07) is 38.3. The fourth-order valence-electron chi connectivity index (χ4n) is 11.5. The number of unbranched alkanes of at least 4 members (excludes halogenated alkanes) is 11. The van der Waals surface area contributed by atoms with Crippen molar-refractivity contribution in [1.82, 2.24) is 0 Å². The highest BCUT2D eigenvalue weighted by atomic mass is 16.3. The van der Waals surface area contributed by atoms with Gasteiger partial charge in [0.05, 0.1) is 92.6 Å². The molecule has 81 heavy (non-hydrogen) atoms. The summed E-state index contributed by atoms with van der Waals surface area (Å²) in [6.07, 6.45) is 21.0. The molecule has 462 valence electrons. The Hall–Kier alpha value is -3.56. The molecule has 4 rings (SSSR count). The van der Waals surface area contributed by atoms with E-state index in [1.54, 1.807) is 0 Å². The van der Waals surface area contributed by atoms with E-state index in [1.165, 1.54) is 123 Å². The normalized spacial score (nSPS) is 12.4. The zero-order valence-electron chi connectivity index (χ0n) is 52.9. The van der Waals surface area contributed by atoms with Gasteiger partial charge in [-0.25, -0.2) is 0 Å². The Morgan fingerprint density at radius 2 is 0.531 bits per heavy atom. The molecular weight excluding hydrogens is 1010 g/mol. The highest BCUT2D eigenvalue weighted by Crippen LogP contribution is 2.24. The van der Waals surface area contributed by atoms with Gasteiger partial charge in [-0.2, -0.15) is 0 Å². The second kappa shape index (κ2) is 47.8. The smallest absolute Gasteiger partial charge is 0.104 e. The first kappa shape index (κ1) is 75.5. The molecule has 7 N–H and O–H groups in total. The number of hydrogen-bond acceptors (Lipinski definition) is 7. The first-order chi connectivity index (χ1) is 39.4. The number of aliphatic hydroxyl groups is 7. The van der Waals surface area contributed by atoms with Gasteiger partial charge in [0.15, 0.2) is 0 Å². The van der Waals surface area contributed by atoms with Gasteiger partial charge in [0, 0.05) is 11.1 Å². The van der Waals surface area contributed by atoms with Crippen molar-refractivity contribution in [3.63, 3.8) is 0 Å².